The molecular formula is C55H66N10O16. The highest BCUT2D eigenvalue weighted by molar-refractivity contribution is 6.19. The molecular weight excluding hydrogens is 1060 g/mol. The summed E-state index contributed by atoms with van der Waals surface area (Å²) >= 11 is 0. The van der Waals surface area contributed by atoms with Crippen LogP contribution in [0.25, 0.3) is 0 Å². The largest absolute Gasteiger partial charge is 0.481 e. The fraction of sp³-hybridized carbons (Fsp3) is 0.345. The number of nitrogens with one attached hydrogen (secondary N) is 1. The normalized spacial score (nSPS) is 14.0. The van der Waals surface area contributed by atoms with Gasteiger partial charge in [-0.15, -0.1) is 0 Å². The first-order chi connectivity index (χ1) is 38.2. The van der Waals surface area contributed by atoms with E-state index in [4.69, 9.17) is 16.6 Å². The van der Waals surface area contributed by atoms with Crippen molar-refractivity contribution in [3.8, 4) is 0 Å². The number of aliphatic carboxylic acids is 1. The average Bonchev–Trinajstić information content (AvgIpc) is 4.29. The Balaban J connectivity index is 0.000000262. The first-order valence-corrected chi connectivity index (χ1v) is 25.5. The van der Waals surface area contributed by atoms with E-state index in [0.717, 1.165) is 34.9 Å². The van der Waals surface area contributed by atoms with Crippen molar-refractivity contribution >= 4 is 92.5 Å². The smallest absolute Gasteiger partial charge is 0.314 e. The molecule has 3 amide bonds. The zero-order chi connectivity index (χ0) is 60.1. The molecule has 26 nitrogen and oxygen atoms in total. The van der Waals surface area contributed by atoms with Crippen molar-refractivity contribution < 1.29 is 59.7 Å². The molecule has 5 aromatic rings. The lowest BCUT2D eigenvalue weighted by atomic mass is 10.1. The number of nitro groups is 4. The summed E-state index contributed by atoms with van der Waals surface area (Å²) in [7, 11) is 0. The number of esters is 2. The van der Waals surface area contributed by atoms with Crippen LogP contribution in [0.1, 0.15) is 93.5 Å². The summed E-state index contributed by atoms with van der Waals surface area (Å²) in [6.45, 7) is 13.2. The Kier molecular flexibility index (Phi) is 23.8. The van der Waals surface area contributed by atoms with Crippen molar-refractivity contribution in [2.75, 3.05) is 57.7 Å². The van der Waals surface area contributed by atoms with E-state index in [1.807, 2.05) is 18.2 Å². The first kappa shape index (κ1) is 63.7. The van der Waals surface area contributed by atoms with Gasteiger partial charge in [0.1, 0.15) is 0 Å². The number of hydrogen-bond acceptors (Lipinski definition) is 19. The van der Waals surface area contributed by atoms with E-state index in [-0.39, 0.29) is 79.4 Å². The third kappa shape index (κ3) is 19.8. The van der Waals surface area contributed by atoms with E-state index in [2.05, 4.69) is 38.9 Å². The summed E-state index contributed by atoms with van der Waals surface area (Å²) in [5.41, 5.74) is 19.5. The molecule has 4 saturated heterocycles. The Morgan fingerprint density at radius 1 is 0.531 bits per heavy atom. The van der Waals surface area contributed by atoms with Gasteiger partial charge >= 0.3 is 17.9 Å². The van der Waals surface area contributed by atoms with Crippen LogP contribution in [0.2, 0.25) is 0 Å². The summed E-state index contributed by atoms with van der Waals surface area (Å²) in [5.74, 6) is -2.81. The fourth-order valence-corrected chi connectivity index (χ4v) is 8.40. The molecule has 0 atom stereocenters. The molecule has 81 heavy (non-hydrogen) atoms. The number of cyclic esters (lactones) is 2. The average molecular weight is 1120 g/mol. The van der Waals surface area contributed by atoms with Crippen LogP contribution in [0.4, 0.5) is 56.9 Å². The number of nitrogen functional groups attached to an aromatic ring is 2. The second-order valence-electron chi connectivity index (χ2n) is 18.9. The predicted molar refractivity (Wildman–Crippen MR) is 304 cm³/mol. The van der Waals surface area contributed by atoms with Gasteiger partial charge in [-0.1, -0.05) is 0 Å². The molecule has 26 heteroatoms. The molecule has 0 radical (unpaired) electrons. The van der Waals surface area contributed by atoms with Gasteiger partial charge in [-0.2, -0.15) is 0 Å². The van der Waals surface area contributed by atoms with Gasteiger partial charge < -0.3 is 36.4 Å². The topological polar surface area (TPSA) is 378 Å². The number of nitro benzene ring substituents is 4. The minimum absolute atomic E-state index is 0. The highest BCUT2D eigenvalue weighted by atomic mass is 16.6. The molecule has 0 bridgehead atoms. The number of nitrogens with two attached hydrogens (primary N) is 2. The predicted octanol–water partition coefficient (Wildman–Crippen LogP) is 9.53. The Bertz CT molecular complexity index is 3150. The molecule has 9 rings (SSSR count). The van der Waals surface area contributed by atoms with E-state index in [9.17, 15) is 69.2 Å². The highest BCUT2D eigenvalue weighted by Crippen LogP contribution is 2.30. The number of hydrogen-bond donors (Lipinski definition) is 4. The number of rotatable bonds is 11. The van der Waals surface area contributed by atoms with Gasteiger partial charge in [-0.05, 0) is 133 Å². The zero-order valence-corrected chi connectivity index (χ0v) is 45.4. The number of ether oxygens (including phenoxy) is 1. The lowest BCUT2D eigenvalue weighted by Crippen LogP contribution is -2.28. The van der Waals surface area contributed by atoms with Crippen LogP contribution in [0.5, 0.6) is 0 Å². The van der Waals surface area contributed by atoms with Gasteiger partial charge in [0.15, 0.2) is 0 Å². The Morgan fingerprint density at radius 2 is 0.914 bits per heavy atom. The number of amides is 3. The first-order valence-electron chi connectivity index (χ1n) is 25.5. The van der Waals surface area contributed by atoms with Crippen LogP contribution in [0.15, 0.2) is 91.0 Å². The molecule has 432 valence electrons. The van der Waals surface area contributed by atoms with Crippen molar-refractivity contribution in [2.24, 2.45) is 0 Å². The summed E-state index contributed by atoms with van der Waals surface area (Å²) in [6, 6.07) is 24.5. The van der Waals surface area contributed by atoms with Crippen LogP contribution < -0.4 is 31.5 Å². The summed E-state index contributed by atoms with van der Waals surface area (Å²) in [5, 5.41) is 53.1. The molecule has 0 aromatic heterocycles. The molecule has 5 aromatic carbocycles. The Morgan fingerprint density at radius 3 is 1.30 bits per heavy atom. The summed E-state index contributed by atoms with van der Waals surface area (Å²) < 4.78 is 4.08. The third-order valence-corrected chi connectivity index (χ3v) is 12.7. The van der Waals surface area contributed by atoms with E-state index in [1.54, 1.807) is 39.8 Å². The minimum Gasteiger partial charge on any atom is -0.481 e. The number of nitrogens with zero attached hydrogens (tertiary/aromatic N) is 7. The lowest BCUT2D eigenvalue weighted by Gasteiger charge is -2.18. The monoisotopic (exact) mass is 1120 g/mol. The van der Waals surface area contributed by atoms with Gasteiger partial charge in [0.25, 0.3) is 22.7 Å². The van der Waals surface area contributed by atoms with Crippen molar-refractivity contribution in [3.05, 3.63) is 159 Å². The van der Waals surface area contributed by atoms with Crippen molar-refractivity contribution in [1.82, 2.24) is 0 Å². The number of aryl methyl sites for hydroxylation is 5. The molecule has 0 spiro atoms. The van der Waals surface area contributed by atoms with Gasteiger partial charge in [0, 0.05) is 122 Å². The fourth-order valence-electron chi connectivity index (χ4n) is 8.40. The highest BCUT2D eigenvalue weighted by Gasteiger charge is 2.31. The van der Waals surface area contributed by atoms with Crippen molar-refractivity contribution in [2.45, 2.75) is 98.8 Å². The van der Waals surface area contributed by atoms with E-state index < -0.39 is 38.6 Å². The van der Waals surface area contributed by atoms with Crippen LogP contribution in [-0.2, 0) is 33.5 Å². The number of carbonyl (C=O) groups is 6. The third-order valence-electron chi connectivity index (χ3n) is 12.7. The van der Waals surface area contributed by atoms with Crippen LogP contribution in [0, 0.1) is 75.1 Å². The zero-order valence-electron chi connectivity index (χ0n) is 45.4. The molecule has 0 aliphatic carbocycles. The molecule has 4 aliphatic heterocycles. The van der Waals surface area contributed by atoms with Gasteiger partial charge in [0.2, 0.25) is 17.7 Å². The van der Waals surface area contributed by atoms with Crippen molar-refractivity contribution in [1.29, 1.82) is 0 Å². The SMILES string of the molecule is Cc1cc(N)ccc1[N+](=O)[O-].Cc1cc(N2C(=O)CCC2=O)ccc1[N+](=O)[O-].Cc1cc(N2CCCC2)ccc1N.Cc1cc(N2CCCC2)ccc1[N+](=O)[O-].Cc1cc(NC(=O)CCC(=O)O)ccc1[N+](=O)[O-].O=C1CCC(=O)O1.[HH]. The molecule has 4 aliphatic rings. The minimum atomic E-state index is -1.05. The number of carboxylic acid groups (broad SMARTS) is 1. The van der Waals surface area contributed by atoms with Gasteiger partial charge in [0.05, 0.1) is 44.6 Å². The lowest BCUT2D eigenvalue weighted by molar-refractivity contribution is -0.385. The standard InChI is InChI=1S/C11H12N2O5.C11H10N2O4.C11H14N2O2.C11H16N2.C7H8N2O2.C4H4O3.H2/c1-7-6-8(2-3-9(7)13(17)18)12-10(14)4-5-11(15)16;1-7-6-8(2-3-9(7)13(16)17)12-10(14)4-5-11(12)15;1-9-8-10(12-6-2-3-7-12)4-5-11(9)13(14)15;1-9-8-10(4-5-11(9)12)13-6-2-3-7-13;1-5-4-6(8)2-3-7(5)9(10)11;5-3-1-2-4(6)7-3;/h2-3,6H,4-5H2,1H3,(H,12,14)(H,15,16);2-3,6H,4-5H2,1H3;4-5,8H,2-3,6-7H2,1H3;4-5,8H,2-3,6-7,12H2,1H3;2-4H,8H2,1H3;1-2H2;1H. The Labute approximate surface area is 466 Å². The number of imide groups is 1. The van der Waals surface area contributed by atoms with Crippen LogP contribution in [-0.4, -0.2) is 86.6 Å². The summed E-state index contributed by atoms with van der Waals surface area (Å²) in [4.78, 5) is 111. The molecule has 4 heterocycles. The number of anilines is 6. The van der Waals surface area contributed by atoms with E-state index in [0.29, 0.717) is 33.8 Å². The van der Waals surface area contributed by atoms with Crippen LogP contribution in [0.3, 0.4) is 0 Å². The summed E-state index contributed by atoms with van der Waals surface area (Å²) in [6.07, 6.45) is 5.63. The maximum Gasteiger partial charge on any atom is 0.314 e. The molecule has 0 unspecified atom stereocenters. The van der Waals surface area contributed by atoms with E-state index >= 15 is 0 Å². The Hall–Kier alpha value is -9.88. The quantitative estimate of drug-likeness (QED) is 0.0239. The second-order valence-corrected chi connectivity index (χ2v) is 18.9. The number of carboxylic acids is 1. The van der Waals surface area contributed by atoms with Gasteiger partial charge in [-0.25, -0.2) is 0 Å². The van der Waals surface area contributed by atoms with Crippen LogP contribution >= 0.6 is 0 Å². The number of carbonyl (C=O) groups excluding carboxylic acids is 5. The maximum atomic E-state index is 11.5. The molecule has 0 saturated carbocycles. The molecule has 6 N–H and O–H groups in total. The molecule has 4 fully saturated rings. The second kappa shape index (κ2) is 30.3. The number of benzene rings is 5. The van der Waals surface area contributed by atoms with Gasteiger partial charge in [-0.3, -0.25) is 74.1 Å². The van der Waals surface area contributed by atoms with Crippen molar-refractivity contribution in [3.63, 3.8) is 0 Å². The maximum absolute atomic E-state index is 11.5. The van der Waals surface area contributed by atoms with E-state index in [1.165, 1.54) is 98.6 Å².